The number of anilines is 1. The second kappa shape index (κ2) is 11.2. The summed E-state index contributed by atoms with van der Waals surface area (Å²) in [4.78, 5) is 25.6. The number of halogens is 8. The van der Waals surface area contributed by atoms with Crippen LogP contribution in [0.5, 0.6) is 0 Å². The Morgan fingerprint density at radius 1 is 0.886 bits per heavy atom. The Morgan fingerprint density at radius 2 is 1.46 bits per heavy atom. The fourth-order valence-corrected chi connectivity index (χ4v) is 3.36. The monoisotopic (exact) mass is 532 g/mol. The number of nitrogens with zero attached hydrogens (tertiary/aromatic N) is 2. The van der Waals surface area contributed by atoms with E-state index in [1.54, 1.807) is 0 Å². The van der Waals surface area contributed by atoms with Crippen LogP contribution in [0, 0.1) is 17.5 Å². The van der Waals surface area contributed by atoms with Crippen LogP contribution in [0.3, 0.4) is 0 Å². The normalized spacial score (nSPS) is 11.9. The minimum absolute atomic E-state index is 0.209. The molecular formula is C20H16F8N2O4S. The minimum atomic E-state index is -5.91. The van der Waals surface area contributed by atoms with E-state index < -0.39 is 82.2 Å². The van der Waals surface area contributed by atoms with E-state index in [1.165, 1.54) is 0 Å². The summed E-state index contributed by atoms with van der Waals surface area (Å²) in [5.74, 6) is -5.54. The van der Waals surface area contributed by atoms with Crippen LogP contribution in [-0.2, 0) is 9.47 Å². The Bertz CT molecular complexity index is 1060. The fourth-order valence-electron chi connectivity index (χ4n) is 2.65. The summed E-state index contributed by atoms with van der Waals surface area (Å²) in [5, 5.41) is -5.23. The molecule has 0 aliphatic heterocycles. The highest BCUT2D eigenvalue weighted by Gasteiger charge is 2.58. The van der Waals surface area contributed by atoms with E-state index in [0.29, 0.717) is 23.1 Å². The second-order valence-corrected chi connectivity index (χ2v) is 7.79. The van der Waals surface area contributed by atoms with Crippen LogP contribution in [-0.4, -0.2) is 56.0 Å². The van der Waals surface area contributed by atoms with Crippen molar-refractivity contribution in [3.8, 4) is 0 Å². The third-order valence-electron chi connectivity index (χ3n) is 4.19. The number of carbonyl (C=O) groups excluding carboxylic acids is 2. The van der Waals surface area contributed by atoms with Gasteiger partial charge in [0.2, 0.25) is 0 Å². The molecule has 0 radical (unpaired) electrons. The van der Waals surface area contributed by atoms with E-state index in [2.05, 4.69) is 0 Å². The zero-order chi connectivity index (χ0) is 26.6. The number of methoxy groups -OCH3 is 2. The van der Waals surface area contributed by atoms with Crippen molar-refractivity contribution >= 4 is 29.4 Å². The molecule has 0 heterocycles. The van der Waals surface area contributed by atoms with Gasteiger partial charge in [-0.1, -0.05) is 6.07 Å². The Kier molecular flexibility index (Phi) is 9.08. The van der Waals surface area contributed by atoms with E-state index in [1.807, 2.05) is 0 Å². The van der Waals surface area contributed by atoms with Crippen molar-refractivity contribution < 1.29 is 54.2 Å². The van der Waals surface area contributed by atoms with Gasteiger partial charge in [-0.25, -0.2) is 22.9 Å². The topological polar surface area (TPSA) is 59.1 Å². The van der Waals surface area contributed by atoms with Gasteiger partial charge in [-0.05, 0) is 42.1 Å². The Morgan fingerprint density at radius 3 is 1.94 bits per heavy atom. The Labute approximate surface area is 197 Å². The molecule has 35 heavy (non-hydrogen) atoms. The molecule has 0 aromatic heterocycles. The molecule has 0 fully saturated rings. The van der Waals surface area contributed by atoms with Crippen LogP contribution >= 0.6 is 11.8 Å². The number of ether oxygens (including phenoxy) is 2. The van der Waals surface area contributed by atoms with Crippen molar-refractivity contribution in [2.75, 3.05) is 32.6 Å². The van der Waals surface area contributed by atoms with Gasteiger partial charge in [0.05, 0.1) is 5.69 Å². The van der Waals surface area contributed by atoms with Gasteiger partial charge < -0.3 is 9.47 Å². The molecule has 2 rings (SSSR count). The van der Waals surface area contributed by atoms with E-state index in [-0.39, 0.29) is 4.90 Å². The quantitative estimate of drug-likeness (QED) is 0.251. The number of urea groups is 1. The lowest BCUT2D eigenvalue weighted by atomic mass is 10.1. The second-order valence-electron chi connectivity index (χ2n) is 6.61. The number of imide groups is 1. The van der Waals surface area contributed by atoms with E-state index in [4.69, 9.17) is 9.47 Å². The number of benzene rings is 2. The summed E-state index contributed by atoms with van der Waals surface area (Å²) < 4.78 is 116. The molecule has 0 unspecified atom stereocenters. The number of hydrogen-bond donors (Lipinski definition) is 0. The van der Waals surface area contributed by atoms with Crippen molar-refractivity contribution in [2.45, 2.75) is 16.3 Å². The zero-order valence-corrected chi connectivity index (χ0v) is 18.7. The number of thioether (sulfide) groups is 1. The molecule has 0 saturated heterocycles. The SMILES string of the molecule is COCN(C(=O)c1c(F)cccc1F)C(=O)N(COC)c1ccc(SC(F)(F)C(F)(F)F)cc1F. The van der Waals surface area contributed by atoms with Gasteiger partial charge in [-0.15, -0.1) is 0 Å². The summed E-state index contributed by atoms with van der Waals surface area (Å²) in [6.45, 7) is -1.60. The highest BCUT2D eigenvalue weighted by Crippen LogP contribution is 2.48. The Hall–Kier alpha value is -2.91. The molecule has 0 N–H and O–H groups in total. The van der Waals surface area contributed by atoms with Crippen molar-refractivity contribution in [2.24, 2.45) is 0 Å². The van der Waals surface area contributed by atoms with Crippen molar-refractivity contribution in [3.05, 3.63) is 59.4 Å². The molecule has 0 aliphatic rings. The molecule has 6 nitrogen and oxygen atoms in total. The summed E-state index contributed by atoms with van der Waals surface area (Å²) in [7, 11) is 2.10. The lowest BCUT2D eigenvalue weighted by molar-refractivity contribution is -0.237. The first-order valence-corrected chi connectivity index (χ1v) is 10.0. The minimum Gasteiger partial charge on any atom is -0.364 e. The summed E-state index contributed by atoms with van der Waals surface area (Å²) in [5.41, 5.74) is -1.81. The molecule has 0 bridgehead atoms. The first-order valence-electron chi connectivity index (χ1n) is 9.23. The van der Waals surface area contributed by atoms with Crippen molar-refractivity contribution in [3.63, 3.8) is 0 Å². The van der Waals surface area contributed by atoms with Crippen LogP contribution in [0.1, 0.15) is 10.4 Å². The van der Waals surface area contributed by atoms with Gasteiger partial charge in [-0.2, -0.15) is 22.0 Å². The highest BCUT2D eigenvalue weighted by molar-refractivity contribution is 8.00. The Balaban J connectivity index is 2.44. The summed E-state index contributed by atoms with van der Waals surface area (Å²) in [6.07, 6.45) is -5.91. The maximum atomic E-state index is 14.7. The standard InChI is InChI=1S/C20H16F8N2O4S/c1-33-9-29(15-7-6-11(8-14(15)23)35-20(27,28)19(24,25)26)18(32)30(10-34-2)17(31)16-12(21)4-3-5-13(16)22/h3-8H,9-10H2,1-2H3. The van der Waals surface area contributed by atoms with Gasteiger partial charge in [0.25, 0.3) is 5.91 Å². The maximum absolute atomic E-state index is 14.7. The molecule has 15 heteroatoms. The van der Waals surface area contributed by atoms with E-state index >= 15 is 0 Å². The largest absolute Gasteiger partial charge is 0.464 e. The predicted molar refractivity (Wildman–Crippen MR) is 107 cm³/mol. The first kappa shape index (κ1) is 28.3. The molecule has 2 aromatic carbocycles. The number of carbonyl (C=O) groups is 2. The number of hydrogen-bond acceptors (Lipinski definition) is 5. The zero-order valence-electron chi connectivity index (χ0n) is 17.8. The molecule has 0 spiro atoms. The lowest BCUT2D eigenvalue weighted by Crippen LogP contribution is -2.48. The third-order valence-corrected chi connectivity index (χ3v) is 5.16. The number of amides is 3. The summed E-state index contributed by atoms with van der Waals surface area (Å²) in [6, 6.07) is 2.77. The first-order chi connectivity index (χ1) is 16.2. The lowest BCUT2D eigenvalue weighted by Gasteiger charge is -2.29. The maximum Gasteiger partial charge on any atom is 0.464 e. The number of rotatable bonds is 8. The molecule has 0 atom stereocenters. The smallest absolute Gasteiger partial charge is 0.364 e. The van der Waals surface area contributed by atoms with Gasteiger partial charge >= 0.3 is 17.5 Å². The van der Waals surface area contributed by atoms with Crippen LogP contribution in [0.4, 0.5) is 45.6 Å². The molecule has 192 valence electrons. The molecule has 0 saturated carbocycles. The van der Waals surface area contributed by atoms with Crippen molar-refractivity contribution in [1.82, 2.24) is 4.90 Å². The van der Waals surface area contributed by atoms with E-state index in [9.17, 15) is 44.7 Å². The van der Waals surface area contributed by atoms with E-state index in [0.717, 1.165) is 32.4 Å². The number of alkyl halides is 5. The van der Waals surface area contributed by atoms with Gasteiger partial charge in [0.1, 0.15) is 36.5 Å². The highest BCUT2D eigenvalue weighted by atomic mass is 32.2. The fraction of sp³-hybridized carbons (Fsp3) is 0.300. The molecule has 3 amide bonds. The van der Waals surface area contributed by atoms with Gasteiger partial charge in [-0.3, -0.25) is 9.69 Å². The third kappa shape index (κ3) is 6.41. The average molecular weight is 532 g/mol. The van der Waals surface area contributed by atoms with Crippen molar-refractivity contribution in [1.29, 1.82) is 0 Å². The van der Waals surface area contributed by atoms with Crippen LogP contribution < -0.4 is 4.90 Å². The molecule has 2 aromatic rings. The van der Waals surface area contributed by atoms with Crippen LogP contribution in [0.25, 0.3) is 0 Å². The van der Waals surface area contributed by atoms with Crippen LogP contribution in [0.15, 0.2) is 41.3 Å². The summed E-state index contributed by atoms with van der Waals surface area (Å²) >= 11 is -0.972. The molecule has 0 aliphatic carbocycles. The predicted octanol–water partition coefficient (Wildman–Crippen LogP) is 5.63. The average Bonchev–Trinajstić information content (AvgIpc) is 2.74. The van der Waals surface area contributed by atoms with Gasteiger partial charge in [0, 0.05) is 19.1 Å². The van der Waals surface area contributed by atoms with Gasteiger partial charge in [0.15, 0.2) is 0 Å². The molecular weight excluding hydrogens is 516 g/mol. The van der Waals surface area contributed by atoms with Crippen LogP contribution in [0.2, 0.25) is 0 Å².